The molecular weight excluding hydrogens is 366 g/mol. The van der Waals surface area contributed by atoms with Gasteiger partial charge in [-0.25, -0.2) is 8.42 Å². The maximum Gasteiger partial charge on any atom is 0.261 e. The van der Waals surface area contributed by atoms with Crippen LogP contribution < -0.4 is 14.8 Å². The minimum Gasteiger partial charge on any atom is -0.497 e. The first-order valence-corrected chi connectivity index (χ1v) is 10.1. The number of likely N-dealkylation sites (N-methyl/N-ethyl adjacent to an activating group) is 1. The van der Waals surface area contributed by atoms with Crippen molar-refractivity contribution in [1.29, 1.82) is 0 Å². The van der Waals surface area contributed by atoms with Crippen molar-refractivity contribution in [2.45, 2.75) is 17.4 Å². The normalized spacial score (nSPS) is 16.7. The van der Waals surface area contributed by atoms with E-state index in [1.54, 1.807) is 55.5 Å². The molecule has 144 valence electrons. The lowest BCUT2D eigenvalue weighted by atomic mass is 10.1. The van der Waals surface area contributed by atoms with Crippen molar-refractivity contribution in [3.05, 3.63) is 54.1 Å². The molecule has 3 rings (SSSR count). The number of rotatable bonds is 6. The smallest absolute Gasteiger partial charge is 0.261 e. The molecule has 27 heavy (non-hydrogen) atoms. The number of ether oxygens (including phenoxy) is 1. The molecule has 2 aromatic carbocycles. The van der Waals surface area contributed by atoms with Crippen LogP contribution in [-0.4, -0.2) is 52.5 Å². The van der Waals surface area contributed by atoms with E-state index in [9.17, 15) is 13.2 Å². The SMILES string of the molecule is COc1ccc(NS(=O)(=O)c2cccc(C(=O)N(C)C3CCNC3)c2)cc1. The molecule has 0 bridgehead atoms. The first kappa shape index (κ1) is 19.2. The van der Waals surface area contributed by atoms with Gasteiger partial charge in [0.05, 0.1) is 12.0 Å². The average Bonchev–Trinajstić information content (AvgIpc) is 3.22. The molecule has 0 aliphatic carbocycles. The van der Waals surface area contributed by atoms with Gasteiger partial charge in [-0.3, -0.25) is 9.52 Å². The molecule has 1 heterocycles. The van der Waals surface area contributed by atoms with Crippen molar-refractivity contribution in [2.24, 2.45) is 0 Å². The lowest BCUT2D eigenvalue weighted by molar-refractivity contribution is 0.0743. The van der Waals surface area contributed by atoms with Gasteiger partial charge in [-0.15, -0.1) is 0 Å². The Morgan fingerprint density at radius 1 is 1.22 bits per heavy atom. The average molecular weight is 389 g/mol. The molecule has 1 unspecified atom stereocenters. The lowest BCUT2D eigenvalue weighted by Gasteiger charge is -2.24. The highest BCUT2D eigenvalue weighted by molar-refractivity contribution is 7.92. The monoisotopic (exact) mass is 389 g/mol. The summed E-state index contributed by atoms with van der Waals surface area (Å²) in [6, 6.07) is 12.8. The van der Waals surface area contributed by atoms with Crippen LogP contribution in [0.1, 0.15) is 16.8 Å². The molecule has 1 aliphatic heterocycles. The zero-order chi connectivity index (χ0) is 19.4. The maximum absolute atomic E-state index is 12.7. The first-order chi connectivity index (χ1) is 12.9. The van der Waals surface area contributed by atoms with Crippen molar-refractivity contribution in [3.63, 3.8) is 0 Å². The molecule has 1 fully saturated rings. The second kappa shape index (κ2) is 7.98. The molecule has 0 spiro atoms. The largest absolute Gasteiger partial charge is 0.497 e. The summed E-state index contributed by atoms with van der Waals surface area (Å²) in [5.41, 5.74) is 0.767. The Bertz CT molecular complexity index is 907. The van der Waals surface area contributed by atoms with E-state index in [1.807, 2.05) is 0 Å². The zero-order valence-corrected chi connectivity index (χ0v) is 16.1. The van der Waals surface area contributed by atoms with E-state index in [4.69, 9.17) is 4.74 Å². The topological polar surface area (TPSA) is 87.7 Å². The molecule has 0 aromatic heterocycles. The molecule has 1 amide bonds. The van der Waals surface area contributed by atoms with Crippen LogP contribution in [0, 0.1) is 0 Å². The van der Waals surface area contributed by atoms with Crippen molar-refractivity contribution < 1.29 is 17.9 Å². The van der Waals surface area contributed by atoms with E-state index in [0.29, 0.717) is 17.0 Å². The van der Waals surface area contributed by atoms with Gasteiger partial charge in [-0.2, -0.15) is 0 Å². The Hall–Kier alpha value is -2.58. The standard InChI is InChI=1S/C19H23N3O4S/c1-22(16-10-11-20-13-16)19(23)14-4-3-5-18(12-14)27(24,25)21-15-6-8-17(26-2)9-7-15/h3-9,12,16,20-21H,10-11,13H2,1-2H3. The fourth-order valence-corrected chi connectivity index (χ4v) is 4.11. The number of carbonyl (C=O) groups is 1. The third-order valence-electron chi connectivity index (χ3n) is 4.64. The van der Waals surface area contributed by atoms with Gasteiger partial charge in [-0.05, 0) is 55.4 Å². The third kappa shape index (κ3) is 4.40. The summed E-state index contributed by atoms with van der Waals surface area (Å²) in [4.78, 5) is 14.4. The van der Waals surface area contributed by atoms with Crippen LogP contribution in [0.15, 0.2) is 53.4 Å². The molecule has 0 saturated carbocycles. The predicted molar refractivity (Wildman–Crippen MR) is 104 cm³/mol. The van der Waals surface area contributed by atoms with Gasteiger partial charge in [0.15, 0.2) is 0 Å². The summed E-state index contributed by atoms with van der Waals surface area (Å²) in [5.74, 6) is 0.445. The highest BCUT2D eigenvalue weighted by atomic mass is 32.2. The Balaban J connectivity index is 1.79. The summed E-state index contributed by atoms with van der Waals surface area (Å²) >= 11 is 0. The summed E-state index contributed by atoms with van der Waals surface area (Å²) in [7, 11) is -0.519. The van der Waals surface area contributed by atoms with Crippen molar-refractivity contribution in [1.82, 2.24) is 10.2 Å². The van der Waals surface area contributed by atoms with Crippen molar-refractivity contribution in [2.75, 3.05) is 32.0 Å². The minimum absolute atomic E-state index is 0.0436. The molecule has 2 aromatic rings. The number of nitrogens with zero attached hydrogens (tertiary/aromatic N) is 1. The Kier molecular flexibility index (Phi) is 5.67. The maximum atomic E-state index is 12.7. The van der Waals surface area contributed by atoms with Crippen LogP contribution in [-0.2, 0) is 10.0 Å². The van der Waals surface area contributed by atoms with Gasteiger partial charge in [0, 0.05) is 30.9 Å². The second-order valence-corrected chi connectivity index (χ2v) is 8.11. The Morgan fingerprint density at radius 3 is 2.59 bits per heavy atom. The highest BCUT2D eigenvalue weighted by Crippen LogP contribution is 2.21. The molecule has 1 aliphatic rings. The van der Waals surface area contributed by atoms with Crippen LogP contribution in [0.25, 0.3) is 0 Å². The molecule has 1 saturated heterocycles. The Morgan fingerprint density at radius 2 is 1.96 bits per heavy atom. The number of hydrogen-bond acceptors (Lipinski definition) is 5. The van der Waals surface area contributed by atoms with E-state index >= 15 is 0 Å². The lowest BCUT2D eigenvalue weighted by Crippen LogP contribution is -2.38. The summed E-state index contributed by atoms with van der Waals surface area (Å²) in [5, 5.41) is 3.22. The summed E-state index contributed by atoms with van der Waals surface area (Å²) in [6.07, 6.45) is 0.888. The molecule has 2 N–H and O–H groups in total. The minimum atomic E-state index is -3.81. The van der Waals surface area contributed by atoms with Gasteiger partial charge in [0.25, 0.3) is 15.9 Å². The molecule has 8 heteroatoms. The molecule has 1 atom stereocenters. The summed E-state index contributed by atoms with van der Waals surface area (Å²) in [6.45, 7) is 1.63. The van der Waals surface area contributed by atoms with Gasteiger partial charge >= 0.3 is 0 Å². The van der Waals surface area contributed by atoms with E-state index in [0.717, 1.165) is 19.5 Å². The Labute approximate surface area is 159 Å². The second-order valence-electron chi connectivity index (χ2n) is 6.42. The number of benzene rings is 2. The van der Waals surface area contributed by atoms with Crippen LogP contribution >= 0.6 is 0 Å². The molecule has 0 radical (unpaired) electrons. The third-order valence-corrected chi connectivity index (χ3v) is 6.01. The molecule has 7 nitrogen and oxygen atoms in total. The van der Waals surface area contributed by atoms with Gasteiger partial charge < -0.3 is 15.0 Å². The number of carbonyl (C=O) groups excluding carboxylic acids is 1. The fraction of sp³-hybridized carbons (Fsp3) is 0.316. The van der Waals surface area contributed by atoms with Crippen LogP contribution in [0.4, 0.5) is 5.69 Å². The number of anilines is 1. The number of methoxy groups -OCH3 is 1. The van der Waals surface area contributed by atoms with E-state index in [2.05, 4.69) is 10.0 Å². The van der Waals surface area contributed by atoms with Crippen LogP contribution in [0.3, 0.4) is 0 Å². The fourth-order valence-electron chi connectivity index (χ4n) is 3.01. The van der Waals surface area contributed by atoms with Gasteiger partial charge in [-0.1, -0.05) is 6.07 Å². The summed E-state index contributed by atoms with van der Waals surface area (Å²) < 4.78 is 32.9. The number of sulfonamides is 1. The predicted octanol–water partition coefficient (Wildman–Crippen LogP) is 1.93. The quantitative estimate of drug-likeness (QED) is 0.788. The number of amides is 1. The van der Waals surface area contributed by atoms with Crippen LogP contribution in [0.5, 0.6) is 5.75 Å². The highest BCUT2D eigenvalue weighted by Gasteiger charge is 2.25. The number of hydrogen-bond donors (Lipinski definition) is 2. The van der Waals surface area contributed by atoms with Gasteiger partial charge in [0.2, 0.25) is 0 Å². The van der Waals surface area contributed by atoms with E-state index < -0.39 is 10.0 Å². The van der Waals surface area contributed by atoms with E-state index in [1.165, 1.54) is 12.1 Å². The van der Waals surface area contributed by atoms with Gasteiger partial charge in [0.1, 0.15) is 5.75 Å². The van der Waals surface area contributed by atoms with Crippen LogP contribution in [0.2, 0.25) is 0 Å². The van der Waals surface area contributed by atoms with E-state index in [-0.39, 0.29) is 16.8 Å². The number of nitrogens with one attached hydrogen (secondary N) is 2. The van der Waals surface area contributed by atoms with Crippen molar-refractivity contribution in [3.8, 4) is 5.75 Å². The molecular formula is C19H23N3O4S. The van der Waals surface area contributed by atoms with Crippen molar-refractivity contribution >= 4 is 21.6 Å². The first-order valence-electron chi connectivity index (χ1n) is 8.65. The zero-order valence-electron chi connectivity index (χ0n) is 15.3.